The van der Waals surface area contributed by atoms with Crippen LogP contribution in [0.4, 0.5) is 4.39 Å². The van der Waals surface area contributed by atoms with Crippen molar-refractivity contribution in [2.75, 3.05) is 20.3 Å². The van der Waals surface area contributed by atoms with Crippen LogP contribution in [0.2, 0.25) is 0 Å². The van der Waals surface area contributed by atoms with Crippen LogP contribution < -0.4 is 13.7 Å². The predicted molar refractivity (Wildman–Crippen MR) is 147 cm³/mol. The summed E-state index contributed by atoms with van der Waals surface area (Å²) < 4.78 is 31.0. The summed E-state index contributed by atoms with van der Waals surface area (Å²) in [7, 11) is 1.72. The summed E-state index contributed by atoms with van der Waals surface area (Å²) in [5.41, 5.74) is 5.26. The average molecular weight is 512 g/mol. The van der Waals surface area contributed by atoms with Crippen LogP contribution >= 0.6 is 12.0 Å². The normalized spacial score (nSPS) is 15.6. The molecule has 2 aliphatic heterocycles. The second-order valence-corrected chi connectivity index (χ2v) is 8.90. The van der Waals surface area contributed by atoms with Crippen molar-refractivity contribution in [2.45, 2.75) is 64.9 Å². The number of hydrogen-bond acceptors (Lipinski definition) is 5. The lowest BCUT2D eigenvalue weighted by atomic mass is 9.83. The molecule has 0 bridgehead atoms. The van der Waals surface area contributed by atoms with Gasteiger partial charge in [-0.15, -0.1) is 0 Å². The average Bonchev–Trinajstić information content (AvgIpc) is 2.93. The highest BCUT2D eigenvalue weighted by Crippen LogP contribution is 2.45. The van der Waals surface area contributed by atoms with Crippen LogP contribution in [-0.4, -0.2) is 25.2 Å². The van der Waals surface area contributed by atoms with Gasteiger partial charge in [-0.05, 0) is 72.9 Å². The van der Waals surface area contributed by atoms with Crippen LogP contribution in [0.25, 0.3) is 0 Å². The van der Waals surface area contributed by atoms with Gasteiger partial charge in [-0.3, -0.25) is 4.90 Å². The fraction of sp³-hybridized carbons (Fsp3) is 0.400. The van der Waals surface area contributed by atoms with E-state index in [2.05, 4.69) is 29.2 Å². The third kappa shape index (κ3) is 6.16. The zero-order chi connectivity index (χ0) is 26.1. The largest absolute Gasteiger partial charge is 0.497 e. The van der Waals surface area contributed by atoms with Crippen LogP contribution in [0.1, 0.15) is 62.9 Å². The first-order valence-corrected chi connectivity index (χ1v) is 13.7. The lowest BCUT2D eigenvalue weighted by molar-refractivity contribution is 0.157. The first kappa shape index (κ1) is 27.9. The van der Waals surface area contributed by atoms with Gasteiger partial charge in [-0.25, -0.2) is 4.39 Å². The highest BCUT2D eigenvalue weighted by Gasteiger charge is 2.34. The van der Waals surface area contributed by atoms with Gasteiger partial charge in [0.1, 0.15) is 11.6 Å². The molecule has 2 aliphatic rings. The molecule has 0 saturated heterocycles. The number of ether oxygens (including phenoxy) is 2. The van der Waals surface area contributed by atoms with Gasteiger partial charge in [0.2, 0.25) is 0 Å². The SMILES string of the molecule is CC.CC.CCOc1c(OSc2cccc(F)c2)ccc2c1CN1CCc3cc(OC)ccc3C1C2. The molecule has 2 heterocycles. The minimum atomic E-state index is -0.275. The Kier molecular flexibility index (Phi) is 10.5. The van der Waals surface area contributed by atoms with Crippen molar-refractivity contribution in [2.24, 2.45) is 0 Å². The van der Waals surface area contributed by atoms with Crippen molar-refractivity contribution < 1.29 is 18.0 Å². The molecule has 4 nitrogen and oxygen atoms in total. The van der Waals surface area contributed by atoms with Crippen molar-refractivity contribution in [3.63, 3.8) is 0 Å². The van der Waals surface area contributed by atoms with E-state index >= 15 is 0 Å². The van der Waals surface area contributed by atoms with Crippen molar-refractivity contribution in [3.05, 3.63) is 82.7 Å². The maximum atomic E-state index is 13.5. The number of rotatable bonds is 6. The molecular weight excluding hydrogens is 473 g/mol. The number of fused-ring (bicyclic) bond motifs is 4. The molecule has 3 aromatic carbocycles. The van der Waals surface area contributed by atoms with Gasteiger partial charge in [0.15, 0.2) is 11.5 Å². The summed E-state index contributed by atoms with van der Waals surface area (Å²) >= 11 is 1.15. The Hall–Kier alpha value is -2.70. The lowest BCUT2D eigenvalue weighted by Crippen LogP contribution is -2.39. The third-order valence-electron chi connectivity index (χ3n) is 6.23. The molecule has 0 radical (unpaired) electrons. The third-order valence-corrected chi connectivity index (χ3v) is 6.94. The molecular formula is C30H38FNO3S. The fourth-order valence-corrected chi connectivity index (χ4v) is 5.31. The first-order valence-electron chi connectivity index (χ1n) is 12.9. The summed E-state index contributed by atoms with van der Waals surface area (Å²) in [5, 5.41) is 0. The topological polar surface area (TPSA) is 30.9 Å². The monoisotopic (exact) mass is 511 g/mol. The molecule has 6 heteroatoms. The Labute approximate surface area is 220 Å². The van der Waals surface area contributed by atoms with Crippen LogP contribution in [0.5, 0.6) is 17.2 Å². The van der Waals surface area contributed by atoms with Crippen molar-refractivity contribution >= 4 is 12.0 Å². The van der Waals surface area contributed by atoms with E-state index in [9.17, 15) is 4.39 Å². The van der Waals surface area contributed by atoms with Crippen LogP contribution in [-0.2, 0) is 19.4 Å². The number of nitrogens with zero attached hydrogens (tertiary/aromatic N) is 1. The Morgan fingerprint density at radius 3 is 2.53 bits per heavy atom. The first-order chi connectivity index (χ1) is 17.7. The van der Waals surface area contributed by atoms with E-state index in [4.69, 9.17) is 13.7 Å². The summed E-state index contributed by atoms with van der Waals surface area (Å²) in [6.45, 7) is 12.4. The number of benzene rings is 3. The number of halogens is 1. The molecule has 0 spiro atoms. The summed E-state index contributed by atoms with van der Waals surface area (Å²) in [6.07, 6.45) is 1.94. The predicted octanol–water partition coefficient (Wildman–Crippen LogP) is 8.03. The zero-order valence-corrected chi connectivity index (χ0v) is 23.1. The van der Waals surface area contributed by atoms with Crippen LogP contribution in [0.15, 0.2) is 59.5 Å². The highest BCUT2D eigenvalue weighted by molar-refractivity contribution is 7.95. The second kappa shape index (κ2) is 13.6. The van der Waals surface area contributed by atoms with E-state index in [0.717, 1.165) is 49.5 Å². The smallest absolute Gasteiger partial charge is 0.180 e. The molecule has 0 aromatic heterocycles. The van der Waals surface area contributed by atoms with E-state index in [0.29, 0.717) is 23.3 Å². The molecule has 36 heavy (non-hydrogen) atoms. The Morgan fingerprint density at radius 2 is 1.81 bits per heavy atom. The van der Waals surface area contributed by atoms with Gasteiger partial charge >= 0.3 is 0 Å². The van der Waals surface area contributed by atoms with E-state index in [1.807, 2.05) is 46.8 Å². The maximum absolute atomic E-state index is 13.5. The van der Waals surface area contributed by atoms with Gasteiger partial charge in [0.25, 0.3) is 0 Å². The minimum absolute atomic E-state index is 0.275. The number of methoxy groups -OCH3 is 1. The van der Waals surface area contributed by atoms with Gasteiger partial charge in [-0.2, -0.15) is 0 Å². The van der Waals surface area contributed by atoms with E-state index in [1.165, 1.54) is 34.4 Å². The molecule has 194 valence electrons. The van der Waals surface area contributed by atoms with Crippen LogP contribution in [0, 0.1) is 5.82 Å². The number of hydrogen-bond donors (Lipinski definition) is 0. The molecule has 0 fully saturated rings. The summed E-state index contributed by atoms with van der Waals surface area (Å²) in [6, 6.07) is 17.3. The molecule has 1 unspecified atom stereocenters. The quantitative estimate of drug-likeness (QED) is 0.313. The summed E-state index contributed by atoms with van der Waals surface area (Å²) in [4.78, 5) is 3.25. The van der Waals surface area contributed by atoms with Gasteiger partial charge in [0.05, 0.1) is 30.7 Å². The zero-order valence-electron chi connectivity index (χ0n) is 22.3. The Bertz CT molecular complexity index is 1140. The standard InChI is InChI=1S/C26H26FNO3S.2C2H6/c1-3-30-26-23-16-28-12-11-18-13-20(29-2)8-9-22(18)24(28)14-17(23)7-10-25(26)31-32-21-6-4-5-19(27)15-21;2*1-2/h4-10,13,15,24H,3,11-12,14,16H2,1-2H3;2*1-2H3. The van der Waals surface area contributed by atoms with Gasteiger partial charge < -0.3 is 13.7 Å². The molecule has 0 aliphatic carbocycles. The molecule has 0 N–H and O–H groups in total. The minimum Gasteiger partial charge on any atom is -0.497 e. The van der Waals surface area contributed by atoms with Crippen molar-refractivity contribution in [3.8, 4) is 17.2 Å². The van der Waals surface area contributed by atoms with Gasteiger partial charge in [-0.1, -0.05) is 45.9 Å². The van der Waals surface area contributed by atoms with E-state index in [1.54, 1.807) is 13.2 Å². The summed E-state index contributed by atoms with van der Waals surface area (Å²) in [5.74, 6) is 2.13. The molecule has 5 rings (SSSR count). The molecule has 3 aromatic rings. The lowest BCUT2D eigenvalue weighted by Gasteiger charge is -2.42. The van der Waals surface area contributed by atoms with Crippen LogP contribution in [0.3, 0.4) is 0 Å². The fourth-order valence-electron chi connectivity index (χ4n) is 4.70. The van der Waals surface area contributed by atoms with E-state index < -0.39 is 0 Å². The van der Waals surface area contributed by atoms with Crippen molar-refractivity contribution in [1.82, 2.24) is 4.90 Å². The Balaban J connectivity index is 0.000000861. The van der Waals surface area contributed by atoms with Gasteiger partial charge in [0, 0.05) is 24.7 Å². The highest BCUT2D eigenvalue weighted by atomic mass is 32.2. The Morgan fingerprint density at radius 1 is 1.00 bits per heavy atom. The molecule has 0 amide bonds. The maximum Gasteiger partial charge on any atom is 0.180 e. The van der Waals surface area contributed by atoms with E-state index in [-0.39, 0.29) is 5.82 Å². The second-order valence-electron chi connectivity index (χ2n) is 8.09. The molecule has 1 atom stereocenters. The molecule has 0 saturated carbocycles. The van der Waals surface area contributed by atoms with Crippen molar-refractivity contribution in [1.29, 1.82) is 0 Å².